The van der Waals surface area contributed by atoms with Crippen LogP contribution in [0.15, 0.2) is 31.2 Å². The van der Waals surface area contributed by atoms with Gasteiger partial charge in [-0.05, 0) is 26.3 Å². The summed E-state index contributed by atoms with van der Waals surface area (Å²) in [5.41, 5.74) is 6.66. The van der Waals surface area contributed by atoms with E-state index >= 15 is 0 Å². The number of nitrogen functional groups attached to an aromatic ring is 1. The lowest BCUT2D eigenvalue weighted by molar-refractivity contribution is -0.164. The van der Waals surface area contributed by atoms with Crippen molar-refractivity contribution in [1.82, 2.24) is 14.5 Å². The Labute approximate surface area is 135 Å². The van der Waals surface area contributed by atoms with Gasteiger partial charge < -0.3 is 19.8 Å². The maximum absolute atomic E-state index is 6.22. The minimum atomic E-state index is -0.588. The van der Waals surface area contributed by atoms with Crippen molar-refractivity contribution in [3.63, 3.8) is 0 Å². The number of nitrogens with two attached hydrogens (primary N) is 1. The SMILES string of the molecule is C=C[C@@]1(C)CC(n2ccc3c(N)ncnc32)[C@@H]2OC(C)(C)O[C@@H]21. The lowest BCUT2D eigenvalue weighted by atomic mass is 9.86. The van der Waals surface area contributed by atoms with Crippen LogP contribution in [0.2, 0.25) is 0 Å². The highest BCUT2D eigenvalue weighted by Crippen LogP contribution is 2.54. The predicted octanol–water partition coefficient (Wildman–Crippen LogP) is 2.67. The molecule has 0 amide bonds. The van der Waals surface area contributed by atoms with Crippen molar-refractivity contribution in [3.05, 3.63) is 31.2 Å². The monoisotopic (exact) mass is 314 g/mol. The number of rotatable bonds is 2. The average Bonchev–Trinajstić information content (AvgIpc) is 3.12. The van der Waals surface area contributed by atoms with Crippen LogP contribution in [-0.2, 0) is 9.47 Å². The first-order valence-electron chi connectivity index (χ1n) is 7.91. The van der Waals surface area contributed by atoms with E-state index in [-0.39, 0.29) is 23.7 Å². The summed E-state index contributed by atoms with van der Waals surface area (Å²) in [6.45, 7) is 10.1. The van der Waals surface area contributed by atoms with Crippen molar-refractivity contribution in [1.29, 1.82) is 0 Å². The Morgan fingerprint density at radius 2 is 2.13 bits per heavy atom. The topological polar surface area (TPSA) is 75.2 Å². The molecule has 1 aliphatic heterocycles. The molecule has 2 aromatic rings. The molecule has 23 heavy (non-hydrogen) atoms. The van der Waals surface area contributed by atoms with Crippen LogP contribution in [0.4, 0.5) is 5.82 Å². The summed E-state index contributed by atoms with van der Waals surface area (Å²) >= 11 is 0. The van der Waals surface area contributed by atoms with E-state index in [0.717, 1.165) is 17.5 Å². The van der Waals surface area contributed by atoms with Crippen molar-refractivity contribution in [3.8, 4) is 0 Å². The molecule has 3 heterocycles. The van der Waals surface area contributed by atoms with Gasteiger partial charge in [-0.1, -0.05) is 13.0 Å². The van der Waals surface area contributed by atoms with Gasteiger partial charge in [-0.3, -0.25) is 0 Å². The highest BCUT2D eigenvalue weighted by atomic mass is 16.8. The van der Waals surface area contributed by atoms with E-state index in [1.807, 2.05) is 32.2 Å². The second kappa shape index (κ2) is 4.55. The molecule has 122 valence electrons. The Morgan fingerprint density at radius 3 is 2.87 bits per heavy atom. The van der Waals surface area contributed by atoms with E-state index in [4.69, 9.17) is 15.2 Å². The number of hydrogen-bond donors (Lipinski definition) is 1. The first kappa shape index (κ1) is 14.7. The molecule has 1 saturated carbocycles. The van der Waals surface area contributed by atoms with E-state index < -0.39 is 5.79 Å². The van der Waals surface area contributed by atoms with Gasteiger partial charge in [0.05, 0.1) is 17.5 Å². The number of fused-ring (bicyclic) bond motifs is 2. The molecule has 4 rings (SSSR count). The Bertz CT molecular complexity index is 784. The van der Waals surface area contributed by atoms with Crippen molar-refractivity contribution in [2.24, 2.45) is 5.41 Å². The van der Waals surface area contributed by atoms with E-state index in [9.17, 15) is 0 Å². The van der Waals surface area contributed by atoms with Crippen molar-refractivity contribution in [2.75, 3.05) is 5.73 Å². The Hall–Kier alpha value is -1.92. The van der Waals surface area contributed by atoms with Crippen LogP contribution in [0, 0.1) is 5.41 Å². The van der Waals surface area contributed by atoms with E-state index in [1.54, 1.807) is 0 Å². The van der Waals surface area contributed by atoms with Gasteiger partial charge in [-0.2, -0.15) is 0 Å². The quantitative estimate of drug-likeness (QED) is 0.863. The van der Waals surface area contributed by atoms with Crippen LogP contribution in [0.3, 0.4) is 0 Å². The summed E-state index contributed by atoms with van der Waals surface area (Å²) in [5, 5.41) is 0.870. The maximum atomic E-state index is 6.22. The smallest absolute Gasteiger partial charge is 0.163 e. The van der Waals surface area contributed by atoms with Gasteiger partial charge in [-0.25, -0.2) is 9.97 Å². The Balaban J connectivity index is 1.82. The third-order valence-corrected chi connectivity index (χ3v) is 5.17. The van der Waals surface area contributed by atoms with Gasteiger partial charge in [-0.15, -0.1) is 6.58 Å². The third-order valence-electron chi connectivity index (χ3n) is 5.17. The number of nitrogens with zero attached hydrogens (tertiary/aromatic N) is 3. The van der Waals surface area contributed by atoms with E-state index in [1.165, 1.54) is 6.33 Å². The largest absolute Gasteiger partial charge is 0.383 e. The second-order valence-corrected chi connectivity index (χ2v) is 7.22. The predicted molar refractivity (Wildman–Crippen MR) is 87.7 cm³/mol. The summed E-state index contributed by atoms with van der Waals surface area (Å²) in [6.07, 6.45) is 6.33. The van der Waals surface area contributed by atoms with Crippen LogP contribution < -0.4 is 5.73 Å². The average molecular weight is 314 g/mol. The summed E-state index contributed by atoms with van der Waals surface area (Å²) < 4.78 is 14.5. The number of hydrogen-bond acceptors (Lipinski definition) is 5. The molecule has 2 aromatic heterocycles. The molecule has 1 aliphatic carbocycles. The van der Waals surface area contributed by atoms with Crippen LogP contribution in [0.5, 0.6) is 0 Å². The molecule has 1 unspecified atom stereocenters. The molecule has 0 spiro atoms. The molecule has 2 fully saturated rings. The first-order chi connectivity index (χ1) is 10.8. The van der Waals surface area contributed by atoms with Crippen LogP contribution >= 0.6 is 0 Å². The zero-order valence-corrected chi connectivity index (χ0v) is 13.7. The van der Waals surface area contributed by atoms with Gasteiger partial charge in [0.2, 0.25) is 0 Å². The van der Waals surface area contributed by atoms with Crippen molar-refractivity contribution >= 4 is 16.9 Å². The molecule has 0 aromatic carbocycles. The second-order valence-electron chi connectivity index (χ2n) is 7.22. The van der Waals surface area contributed by atoms with Gasteiger partial charge in [0.25, 0.3) is 0 Å². The highest BCUT2D eigenvalue weighted by Gasteiger charge is 2.59. The Kier molecular flexibility index (Phi) is 2.90. The fraction of sp³-hybridized carbons (Fsp3) is 0.529. The number of anilines is 1. The van der Waals surface area contributed by atoms with Gasteiger partial charge in [0.1, 0.15) is 23.9 Å². The van der Waals surface area contributed by atoms with Gasteiger partial charge >= 0.3 is 0 Å². The summed E-state index contributed by atoms with van der Waals surface area (Å²) in [5.74, 6) is -0.0893. The van der Waals surface area contributed by atoms with Gasteiger partial charge in [0.15, 0.2) is 5.79 Å². The van der Waals surface area contributed by atoms with Gasteiger partial charge in [0, 0.05) is 11.6 Å². The summed E-state index contributed by atoms with van der Waals surface area (Å²) in [6, 6.07) is 2.08. The summed E-state index contributed by atoms with van der Waals surface area (Å²) in [4.78, 5) is 8.48. The lowest BCUT2D eigenvalue weighted by Crippen LogP contribution is -2.31. The molecule has 2 N–H and O–H groups in total. The van der Waals surface area contributed by atoms with Crippen LogP contribution in [0.25, 0.3) is 11.0 Å². The minimum Gasteiger partial charge on any atom is -0.383 e. The molecule has 1 saturated heterocycles. The Morgan fingerprint density at radius 1 is 1.35 bits per heavy atom. The zero-order valence-electron chi connectivity index (χ0n) is 13.7. The molecule has 6 heteroatoms. The highest BCUT2D eigenvalue weighted by molar-refractivity contribution is 5.86. The number of aromatic nitrogens is 3. The molecule has 0 radical (unpaired) electrons. The fourth-order valence-electron chi connectivity index (χ4n) is 3.98. The van der Waals surface area contributed by atoms with Crippen molar-refractivity contribution in [2.45, 2.75) is 51.2 Å². The molecular formula is C17H22N4O2. The fourth-order valence-corrected chi connectivity index (χ4v) is 3.98. The summed E-state index contributed by atoms with van der Waals surface area (Å²) in [7, 11) is 0. The van der Waals surface area contributed by atoms with Crippen LogP contribution in [0.1, 0.15) is 33.2 Å². The van der Waals surface area contributed by atoms with E-state index in [0.29, 0.717) is 5.82 Å². The normalized spacial score (nSPS) is 35.5. The van der Waals surface area contributed by atoms with Crippen molar-refractivity contribution < 1.29 is 9.47 Å². The number of ether oxygens (including phenoxy) is 2. The molecule has 4 atom stereocenters. The van der Waals surface area contributed by atoms with Crippen LogP contribution in [-0.4, -0.2) is 32.5 Å². The first-order valence-corrected chi connectivity index (χ1v) is 7.91. The maximum Gasteiger partial charge on any atom is 0.163 e. The lowest BCUT2D eigenvalue weighted by Gasteiger charge is -2.28. The van der Waals surface area contributed by atoms with E-state index in [2.05, 4.69) is 28.0 Å². The standard InChI is InChI=1S/C17H22N4O2/c1-5-17(4)8-11(12-13(17)23-16(2,3)22-12)21-7-6-10-14(18)19-9-20-15(10)21/h5-7,9,11-13H,1,8H2,2-4H3,(H2,18,19,20)/t11?,12-,13-,17-/m0/s1. The molecule has 0 bridgehead atoms. The minimum absolute atomic E-state index is 0.0170. The molecule has 6 nitrogen and oxygen atoms in total. The third kappa shape index (κ3) is 2.01. The zero-order chi connectivity index (χ0) is 16.4. The molecular weight excluding hydrogens is 292 g/mol. The molecule has 2 aliphatic rings.